The van der Waals surface area contributed by atoms with E-state index < -0.39 is 52.4 Å². The fourth-order valence-electron chi connectivity index (χ4n) is 10.9. The van der Waals surface area contributed by atoms with Crippen molar-refractivity contribution in [3.8, 4) is 0 Å². The molecule has 7 rings (SSSR count). The summed E-state index contributed by atoms with van der Waals surface area (Å²) in [6.07, 6.45) is 1.48. The molecule has 0 unspecified atom stereocenters. The van der Waals surface area contributed by atoms with E-state index in [0.717, 1.165) is 19.3 Å². The van der Waals surface area contributed by atoms with Gasteiger partial charge in [0.1, 0.15) is 23.1 Å². The van der Waals surface area contributed by atoms with E-state index in [2.05, 4.69) is 6.92 Å². The molecule has 7 fully saturated rings. The minimum atomic E-state index is -1.55. The van der Waals surface area contributed by atoms with Crippen molar-refractivity contribution in [2.45, 2.75) is 115 Å². The normalized spacial score (nSPS) is 65.2. The highest BCUT2D eigenvalue weighted by Crippen LogP contribution is 2.75. The first-order valence-corrected chi connectivity index (χ1v) is 14.0. The van der Waals surface area contributed by atoms with Crippen LogP contribution in [0.1, 0.15) is 73.1 Å². The van der Waals surface area contributed by atoms with Crippen LogP contribution in [0.2, 0.25) is 0 Å². The minimum absolute atomic E-state index is 0.101. The number of epoxide rings is 1. The number of carbonyl (C=O) groups excluding carboxylic acids is 2. The molecule has 7 aliphatic rings. The number of rotatable bonds is 0. The van der Waals surface area contributed by atoms with E-state index in [-0.39, 0.29) is 47.1 Å². The highest BCUT2D eigenvalue weighted by molar-refractivity contribution is 5.88. The molecule has 3 heterocycles. The van der Waals surface area contributed by atoms with Crippen molar-refractivity contribution in [2.75, 3.05) is 0 Å². The second-order valence-electron chi connectivity index (χ2n) is 14.0. The summed E-state index contributed by atoms with van der Waals surface area (Å²) in [5, 5.41) is 34.5. The van der Waals surface area contributed by atoms with Gasteiger partial charge < -0.3 is 29.5 Å². The third kappa shape index (κ3) is 2.34. The predicted octanol–water partition coefficient (Wildman–Crippen LogP) is 1.96. The van der Waals surface area contributed by atoms with Crippen LogP contribution in [0.5, 0.6) is 0 Å². The average Bonchev–Trinajstić information content (AvgIpc) is 3.42. The van der Waals surface area contributed by atoms with Gasteiger partial charge in [-0.25, -0.2) is 0 Å². The van der Waals surface area contributed by atoms with Crippen molar-refractivity contribution >= 4 is 11.8 Å². The maximum absolute atomic E-state index is 13.5. The highest BCUT2D eigenvalue weighted by Gasteiger charge is 2.82. The molecule has 0 aromatic heterocycles. The number of carbonyl (C=O) groups is 2. The Bertz CT molecular complexity index is 1040. The zero-order valence-electron chi connectivity index (χ0n) is 21.9. The van der Waals surface area contributed by atoms with Crippen molar-refractivity contribution in [1.82, 2.24) is 0 Å². The SMILES string of the molecule is C[C@@H]1[C@@H](C)C(=O)O[C@]12O[C@H]1C[C@@H]3[C@H]4C[C@H]5O[C@]56[C@@H](O)CCC(=O)[C@]6(C)[C@H]4CC[C@]3(C)[C@H]1[C@@](C)(O)[C@@H]2O. The zero-order chi connectivity index (χ0) is 25.8. The van der Waals surface area contributed by atoms with Gasteiger partial charge in [-0.2, -0.15) is 0 Å². The Hall–Kier alpha value is -1.06. The number of hydrogen-bond donors (Lipinski definition) is 3. The molecule has 36 heavy (non-hydrogen) atoms. The summed E-state index contributed by atoms with van der Waals surface area (Å²) in [5.74, 6) is -2.45. The molecule has 200 valence electrons. The first-order chi connectivity index (χ1) is 16.8. The van der Waals surface area contributed by atoms with Crippen LogP contribution >= 0.6 is 0 Å². The van der Waals surface area contributed by atoms with Crippen molar-refractivity contribution < 1.29 is 39.1 Å². The summed E-state index contributed by atoms with van der Waals surface area (Å²) in [7, 11) is 0. The maximum atomic E-state index is 13.5. The Labute approximate surface area is 212 Å². The number of fused-ring (bicyclic) bond motifs is 6. The van der Waals surface area contributed by atoms with Crippen molar-refractivity contribution in [1.29, 1.82) is 0 Å². The molecule has 3 aliphatic heterocycles. The van der Waals surface area contributed by atoms with Crippen molar-refractivity contribution in [2.24, 2.45) is 46.3 Å². The molecular formula is C28H40O8. The van der Waals surface area contributed by atoms with E-state index in [1.807, 2.05) is 13.8 Å². The van der Waals surface area contributed by atoms with Gasteiger partial charge >= 0.3 is 5.97 Å². The first kappa shape index (κ1) is 24.0. The predicted molar refractivity (Wildman–Crippen MR) is 125 cm³/mol. The Balaban J connectivity index is 1.27. The molecule has 0 aromatic carbocycles. The lowest BCUT2D eigenvalue weighted by Gasteiger charge is -2.60. The number of aliphatic hydroxyl groups is 3. The molecular weight excluding hydrogens is 464 g/mol. The molecule has 8 heteroatoms. The molecule has 8 nitrogen and oxygen atoms in total. The van der Waals surface area contributed by atoms with Gasteiger partial charge in [-0.1, -0.05) is 20.8 Å². The number of hydrogen-bond acceptors (Lipinski definition) is 8. The Morgan fingerprint density at radius 2 is 1.69 bits per heavy atom. The summed E-state index contributed by atoms with van der Waals surface area (Å²) < 4.78 is 18.6. The van der Waals surface area contributed by atoms with Crippen LogP contribution in [0.15, 0.2) is 0 Å². The smallest absolute Gasteiger partial charge is 0.311 e. The van der Waals surface area contributed by atoms with Crippen LogP contribution < -0.4 is 0 Å². The third-order valence-electron chi connectivity index (χ3n) is 12.9. The van der Waals surface area contributed by atoms with Crippen LogP contribution in [-0.4, -0.2) is 68.5 Å². The topological polar surface area (TPSA) is 126 Å². The van der Waals surface area contributed by atoms with Gasteiger partial charge in [-0.15, -0.1) is 0 Å². The molecule has 0 amide bonds. The average molecular weight is 505 g/mol. The molecule has 15 atom stereocenters. The van der Waals surface area contributed by atoms with E-state index in [0.29, 0.717) is 19.3 Å². The summed E-state index contributed by atoms with van der Waals surface area (Å²) in [6.45, 7) is 9.55. The summed E-state index contributed by atoms with van der Waals surface area (Å²) in [4.78, 5) is 26.0. The van der Waals surface area contributed by atoms with E-state index in [1.54, 1.807) is 13.8 Å². The van der Waals surface area contributed by atoms with Crippen LogP contribution in [0.3, 0.4) is 0 Å². The highest BCUT2D eigenvalue weighted by atomic mass is 16.7. The Morgan fingerprint density at radius 1 is 0.972 bits per heavy atom. The number of aliphatic hydroxyl groups excluding tert-OH is 2. The van der Waals surface area contributed by atoms with Crippen LogP contribution in [-0.2, 0) is 23.8 Å². The molecule has 0 aromatic rings. The van der Waals surface area contributed by atoms with Crippen molar-refractivity contribution in [3.63, 3.8) is 0 Å². The first-order valence-electron chi connectivity index (χ1n) is 14.0. The van der Waals surface area contributed by atoms with E-state index in [4.69, 9.17) is 14.2 Å². The van der Waals surface area contributed by atoms with E-state index in [9.17, 15) is 24.9 Å². The molecule has 4 saturated carbocycles. The quantitative estimate of drug-likeness (QED) is 0.338. The largest absolute Gasteiger partial charge is 0.429 e. The molecule has 3 saturated heterocycles. The number of Topliss-reactive ketones (excluding diaryl/α,β-unsaturated/α-hetero) is 1. The molecule has 3 N–H and O–H groups in total. The molecule has 0 radical (unpaired) electrons. The Kier molecular flexibility index (Phi) is 4.49. The number of esters is 1. The van der Waals surface area contributed by atoms with Gasteiger partial charge in [0.2, 0.25) is 5.79 Å². The summed E-state index contributed by atoms with van der Waals surface area (Å²) in [5.41, 5.74) is -3.26. The standard InChI is InChI=1S/C28H40O8/c1-12-13(2)28(36-22(12)31)23(32)26(5,33)21-17(34-28)11-16-14-10-20-27(35-20)19(30)7-6-18(29)25(27,4)15(14)8-9-24(16,21)3/h12-17,19-21,23,30,32-33H,6-11H2,1-5H3/t12-,13-,14+,15+,16-,17+,19+,20-,21+,23+,24+,25+,26-,27-,28-/m1/s1. The monoisotopic (exact) mass is 504 g/mol. The van der Waals surface area contributed by atoms with Gasteiger partial charge in [-0.05, 0) is 69.1 Å². The Morgan fingerprint density at radius 3 is 2.36 bits per heavy atom. The zero-order valence-corrected chi connectivity index (χ0v) is 21.9. The molecule has 4 aliphatic carbocycles. The summed E-state index contributed by atoms with van der Waals surface area (Å²) in [6, 6.07) is 0. The van der Waals surface area contributed by atoms with Crippen molar-refractivity contribution in [3.05, 3.63) is 0 Å². The molecule has 2 spiro atoms. The lowest BCUT2D eigenvalue weighted by atomic mass is 9.43. The summed E-state index contributed by atoms with van der Waals surface area (Å²) >= 11 is 0. The van der Waals surface area contributed by atoms with Crippen LogP contribution in [0.4, 0.5) is 0 Å². The van der Waals surface area contributed by atoms with E-state index >= 15 is 0 Å². The lowest BCUT2D eigenvalue weighted by molar-refractivity contribution is -0.368. The third-order valence-corrected chi connectivity index (χ3v) is 12.9. The van der Waals surface area contributed by atoms with Gasteiger partial charge in [0.05, 0.1) is 29.6 Å². The van der Waals surface area contributed by atoms with Crippen LogP contribution in [0, 0.1) is 46.3 Å². The van der Waals surface area contributed by atoms with Crippen LogP contribution in [0.25, 0.3) is 0 Å². The molecule has 0 bridgehead atoms. The second-order valence-corrected chi connectivity index (χ2v) is 14.0. The number of ether oxygens (including phenoxy) is 3. The number of ketones is 1. The second kappa shape index (κ2) is 6.74. The fraction of sp³-hybridized carbons (Fsp3) is 0.929. The van der Waals surface area contributed by atoms with Gasteiger partial charge in [0.15, 0.2) is 0 Å². The van der Waals surface area contributed by atoms with Gasteiger partial charge in [0, 0.05) is 18.3 Å². The minimum Gasteiger partial charge on any atom is -0.429 e. The lowest BCUT2D eigenvalue weighted by Crippen LogP contribution is -2.71. The maximum Gasteiger partial charge on any atom is 0.311 e. The van der Waals surface area contributed by atoms with E-state index in [1.165, 1.54) is 0 Å². The fourth-order valence-corrected chi connectivity index (χ4v) is 10.9. The van der Waals surface area contributed by atoms with Gasteiger partial charge in [-0.3, -0.25) is 9.59 Å². The van der Waals surface area contributed by atoms with Gasteiger partial charge in [0.25, 0.3) is 0 Å².